The van der Waals surface area contributed by atoms with Crippen molar-refractivity contribution in [2.24, 2.45) is 5.92 Å². The lowest BCUT2D eigenvalue weighted by Crippen LogP contribution is -2.30. The van der Waals surface area contributed by atoms with E-state index < -0.39 is 97.5 Å². The summed E-state index contributed by atoms with van der Waals surface area (Å²) in [6.07, 6.45) is 49.8. The number of hydrogen-bond acceptors (Lipinski definition) is 15. The average molecular weight is 1310 g/mol. The lowest BCUT2D eigenvalue weighted by Gasteiger charge is -2.21. The molecule has 0 aromatic heterocycles. The molecule has 0 radical (unpaired) electrons. The highest BCUT2D eigenvalue weighted by Crippen LogP contribution is 2.45. The molecule has 0 aliphatic carbocycles. The van der Waals surface area contributed by atoms with Gasteiger partial charge >= 0.3 is 39.5 Å². The number of aliphatic hydroxyl groups excluding tert-OH is 1. The summed E-state index contributed by atoms with van der Waals surface area (Å²) >= 11 is 0. The molecule has 0 aliphatic rings. The van der Waals surface area contributed by atoms with Crippen LogP contribution < -0.4 is 0 Å². The van der Waals surface area contributed by atoms with Gasteiger partial charge in [0.25, 0.3) is 0 Å². The Labute approximate surface area is 543 Å². The fraction of sp³-hybridized carbons (Fsp3) is 0.943. The molecule has 0 rings (SSSR count). The molecule has 19 heteroatoms. The molecule has 0 aliphatic heterocycles. The minimum absolute atomic E-state index is 0.107. The molecule has 0 aromatic rings. The number of ether oxygens (including phenoxy) is 4. The Bertz CT molecular complexity index is 1720. The van der Waals surface area contributed by atoms with Crippen molar-refractivity contribution in [3.63, 3.8) is 0 Å². The predicted molar refractivity (Wildman–Crippen MR) is 358 cm³/mol. The number of hydrogen-bond donors (Lipinski definition) is 3. The van der Waals surface area contributed by atoms with Crippen LogP contribution in [0.2, 0.25) is 0 Å². The van der Waals surface area contributed by atoms with Crippen LogP contribution in [0, 0.1) is 5.92 Å². The van der Waals surface area contributed by atoms with Crippen molar-refractivity contribution in [3.8, 4) is 0 Å². The van der Waals surface area contributed by atoms with Gasteiger partial charge in [-0.2, -0.15) is 0 Å². The Morgan fingerprint density at radius 1 is 0.303 bits per heavy atom. The van der Waals surface area contributed by atoms with Crippen LogP contribution in [-0.2, 0) is 65.4 Å². The zero-order valence-corrected chi connectivity index (χ0v) is 59.4. The van der Waals surface area contributed by atoms with Crippen LogP contribution in [0.3, 0.4) is 0 Å². The minimum atomic E-state index is -4.95. The van der Waals surface area contributed by atoms with Crippen LogP contribution >= 0.6 is 15.6 Å². The summed E-state index contributed by atoms with van der Waals surface area (Å²) in [6.45, 7) is 7.24. The maximum absolute atomic E-state index is 13.0. The van der Waals surface area contributed by atoms with Crippen LogP contribution in [0.25, 0.3) is 0 Å². The van der Waals surface area contributed by atoms with Gasteiger partial charge in [-0.15, -0.1) is 0 Å². The van der Waals surface area contributed by atoms with E-state index in [-0.39, 0.29) is 25.7 Å². The molecule has 0 bridgehead atoms. The molecule has 0 saturated heterocycles. The number of phosphoric acid groups is 2. The summed E-state index contributed by atoms with van der Waals surface area (Å²) in [5, 5.41) is 10.6. The van der Waals surface area contributed by atoms with E-state index in [1.807, 2.05) is 0 Å². The Morgan fingerprint density at radius 3 is 0.764 bits per heavy atom. The summed E-state index contributed by atoms with van der Waals surface area (Å²) in [4.78, 5) is 72.5. The molecule has 0 saturated carbocycles. The van der Waals surface area contributed by atoms with Gasteiger partial charge in [0.1, 0.15) is 19.3 Å². The highest BCUT2D eigenvalue weighted by atomic mass is 31.2. The van der Waals surface area contributed by atoms with Crippen molar-refractivity contribution < 1.29 is 80.2 Å². The van der Waals surface area contributed by atoms with E-state index in [1.165, 1.54) is 180 Å². The number of carbonyl (C=O) groups is 4. The fourth-order valence-corrected chi connectivity index (χ4v) is 12.2. The second-order valence-corrected chi connectivity index (χ2v) is 28.7. The maximum Gasteiger partial charge on any atom is 0.472 e. The Balaban J connectivity index is 5.22. The molecule has 17 nitrogen and oxygen atoms in total. The standard InChI is InChI=1S/C70H136O17P2/c1-6-9-12-15-18-21-23-25-26-31-34-39-44-49-54-68(73)81-60-66(87-70(75)56-51-46-41-36-32-28-27-29-33-37-42-47-52-63(4)5)62-85-89(78,79)83-58-64(71)57-82-88(76,77)84-61-65(59-80-67(72)53-48-43-38-20-17-14-11-8-3)86-69(74)55-50-45-40-35-30-24-22-19-16-13-10-7-2/h63-66,71H,6-62H2,1-5H3,(H,76,77)(H,78,79)/t64-,65+,66+/m0/s1. The van der Waals surface area contributed by atoms with Gasteiger partial charge in [-0.1, -0.05) is 311 Å². The van der Waals surface area contributed by atoms with Crippen LogP contribution in [0.4, 0.5) is 0 Å². The van der Waals surface area contributed by atoms with Crippen LogP contribution in [0.15, 0.2) is 0 Å². The highest BCUT2D eigenvalue weighted by molar-refractivity contribution is 7.47. The first-order valence-corrected chi connectivity index (χ1v) is 39.6. The summed E-state index contributed by atoms with van der Waals surface area (Å²) in [5.74, 6) is -1.35. The number of rotatable bonds is 70. The van der Waals surface area contributed by atoms with Gasteiger partial charge in [0.15, 0.2) is 12.2 Å². The van der Waals surface area contributed by atoms with E-state index in [2.05, 4.69) is 34.6 Å². The summed E-state index contributed by atoms with van der Waals surface area (Å²) < 4.78 is 68.2. The molecule has 2 unspecified atom stereocenters. The van der Waals surface area contributed by atoms with E-state index in [0.717, 1.165) is 102 Å². The molecule has 0 aromatic carbocycles. The molecule has 0 spiro atoms. The van der Waals surface area contributed by atoms with Crippen molar-refractivity contribution in [1.82, 2.24) is 0 Å². The van der Waals surface area contributed by atoms with E-state index in [4.69, 9.17) is 37.0 Å². The first kappa shape index (κ1) is 87.1. The molecule has 0 heterocycles. The predicted octanol–water partition coefficient (Wildman–Crippen LogP) is 20.1. The molecular weight excluding hydrogens is 1170 g/mol. The molecule has 0 amide bonds. The summed E-state index contributed by atoms with van der Waals surface area (Å²) in [7, 11) is -9.89. The number of aliphatic hydroxyl groups is 1. The third-order valence-electron chi connectivity index (χ3n) is 16.3. The second-order valence-electron chi connectivity index (χ2n) is 25.7. The monoisotopic (exact) mass is 1310 g/mol. The van der Waals surface area contributed by atoms with E-state index in [1.54, 1.807) is 0 Å². The highest BCUT2D eigenvalue weighted by Gasteiger charge is 2.30. The van der Waals surface area contributed by atoms with Crippen molar-refractivity contribution in [1.29, 1.82) is 0 Å². The van der Waals surface area contributed by atoms with Gasteiger partial charge in [-0.25, -0.2) is 9.13 Å². The number of carbonyl (C=O) groups excluding carboxylic acids is 4. The van der Waals surface area contributed by atoms with Crippen molar-refractivity contribution in [2.45, 2.75) is 380 Å². The van der Waals surface area contributed by atoms with Gasteiger partial charge in [0.05, 0.1) is 26.4 Å². The van der Waals surface area contributed by atoms with E-state index >= 15 is 0 Å². The summed E-state index contributed by atoms with van der Waals surface area (Å²) in [6, 6.07) is 0. The topological polar surface area (TPSA) is 237 Å². The Kier molecular flexibility index (Phi) is 62.1. The van der Waals surface area contributed by atoms with Crippen molar-refractivity contribution in [3.05, 3.63) is 0 Å². The Morgan fingerprint density at radius 2 is 0.517 bits per heavy atom. The van der Waals surface area contributed by atoms with Gasteiger partial charge in [0.2, 0.25) is 0 Å². The van der Waals surface area contributed by atoms with Crippen molar-refractivity contribution in [2.75, 3.05) is 39.6 Å². The van der Waals surface area contributed by atoms with Gasteiger partial charge in [0, 0.05) is 25.7 Å². The van der Waals surface area contributed by atoms with Crippen molar-refractivity contribution >= 4 is 39.5 Å². The first-order chi connectivity index (χ1) is 43.0. The third-order valence-corrected chi connectivity index (χ3v) is 18.2. The zero-order chi connectivity index (χ0) is 65.6. The molecule has 528 valence electrons. The summed E-state index contributed by atoms with van der Waals surface area (Å²) in [5.41, 5.74) is 0. The van der Waals surface area contributed by atoms with Crippen LogP contribution in [0.1, 0.15) is 362 Å². The van der Waals surface area contributed by atoms with E-state index in [0.29, 0.717) is 25.7 Å². The van der Waals surface area contributed by atoms with Gasteiger partial charge in [-0.3, -0.25) is 37.3 Å². The number of esters is 4. The number of phosphoric ester groups is 2. The molecule has 5 atom stereocenters. The van der Waals surface area contributed by atoms with Gasteiger partial charge in [-0.05, 0) is 31.6 Å². The normalized spacial score (nSPS) is 14.1. The second kappa shape index (κ2) is 63.5. The molecule has 0 fully saturated rings. The number of unbranched alkanes of at least 4 members (excludes halogenated alkanes) is 42. The quantitative estimate of drug-likeness (QED) is 0.0222. The lowest BCUT2D eigenvalue weighted by molar-refractivity contribution is -0.161. The third kappa shape index (κ3) is 64.6. The SMILES string of the molecule is CCCCCCCCCCCCCCCCC(=O)OC[C@H](COP(=O)(O)OC[C@@H](O)COP(=O)(O)OC[C@@H](COC(=O)CCCCCCCCCC)OC(=O)CCCCCCCCCCCCCC)OC(=O)CCCCCCCCCCCCCCC(C)C. The zero-order valence-electron chi connectivity index (χ0n) is 57.6. The molecular formula is C70H136O17P2. The minimum Gasteiger partial charge on any atom is -0.462 e. The smallest absolute Gasteiger partial charge is 0.462 e. The average Bonchev–Trinajstić information content (AvgIpc) is 3.68. The van der Waals surface area contributed by atoms with Gasteiger partial charge < -0.3 is 33.8 Å². The first-order valence-electron chi connectivity index (χ1n) is 36.6. The maximum atomic E-state index is 13.0. The lowest BCUT2D eigenvalue weighted by atomic mass is 10.0. The Hall–Kier alpha value is -1.94. The molecule has 89 heavy (non-hydrogen) atoms. The van der Waals surface area contributed by atoms with E-state index in [9.17, 15) is 43.2 Å². The fourth-order valence-electron chi connectivity index (χ4n) is 10.6. The molecule has 3 N–H and O–H groups in total. The van der Waals surface area contributed by atoms with Crippen LogP contribution in [-0.4, -0.2) is 96.7 Å². The van der Waals surface area contributed by atoms with Crippen LogP contribution in [0.5, 0.6) is 0 Å². The largest absolute Gasteiger partial charge is 0.472 e.